The van der Waals surface area contributed by atoms with Gasteiger partial charge in [-0.2, -0.15) is 5.10 Å². The van der Waals surface area contributed by atoms with Gasteiger partial charge in [-0.15, -0.1) is 0 Å². The Hall–Kier alpha value is -2.11. The highest BCUT2D eigenvalue weighted by atomic mass is 16.6. The molecule has 0 aliphatic carbocycles. The summed E-state index contributed by atoms with van der Waals surface area (Å²) in [7, 11) is 0. The second-order valence-electron chi connectivity index (χ2n) is 5.03. The van der Waals surface area contributed by atoms with Crippen molar-refractivity contribution in [2.24, 2.45) is 0 Å². The first-order valence-electron chi connectivity index (χ1n) is 5.58. The molecule has 0 radical (unpaired) electrons. The van der Waals surface area contributed by atoms with E-state index < -0.39 is 5.60 Å². The van der Waals surface area contributed by atoms with Crippen molar-refractivity contribution in [1.29, 1.82) is 0 Å². The number of nitrogens with zero attached hydrogens (tertiary/aromatic N) is 3. The molecule has 0 fully saturated rings. The molecule has 1 N–H and O–H groups in total. The fourth-order valence-electron chi connectivity index (χ4n) is 1.60. The summed E-state index contributed by atoms with van der Waals surface area (Å²) in [5.74, 6) is -0.352. The lowest BCUT2D eigenvalue weighted by Gasteiger charge is -2.19. The highest BCUT2D eigenvalue weighted by Gasteiger charge is 2.17. The van der Waals surface area contributed by atoms with Crippen LogP contribution < -0.4 is 0 Å². The van der Waals surface area contributed by atoms with Gasteiger partial charge in [-0.25, -0.2) is 9.50 Å². The van der Waals surface area contributed by atoms with Crippen molar-refractivity contribution in [3.8, 4) is 5.75 Å². The second-order valence-corrected chi connectivity index (χ2v) is 5.03. The fraction of sp³-hybridized carbons (Fsp3) is 0.417. The number of hydrogen-bond acceptors (Lipinski definition) is 5. The third-order valence-corrected chi connectivity index (χ3v) is 2.18. The minimum Gasteiger partial charge on any atom is -0.504 e. The van der Waals surface area contributed by atoms with Crippen molar-refractivity contribution in [1.82, 2.24) is 14.6 Å². The van der Waals surface area contributed by atoms with Gasteiger partial charge in [0.05, 0.1) is 6.42 Å². The maximum absolute atomic E-state index is 11.7. The number of esters is 1. The van der Waals surface area contributed by atoms with Crippen molar-refractivity contribution >= 4 is 11.6 Å². The van der Waals surface area contributed by atoms with E-state index in [1.165, 1.54) is 16.9 Å². The molecule has 0 atom stereocenters. The normalized spacial score (nSPS) is 11.7. The summed E-state index contributed by atoms with van der Waals surface area (Å²) in [6.07, 6.45) is 3.07. The highest BCUT2D eigenvalue weighted by Crippen LogP contribution is 2.18. The lowest BCUT2D eigenvalue weighted by molar-refractivity contribution is -0.153. The van der Waals surface area contributed by atoms with E-state index in [1.807, 2.05) is 20.8 Å². The van der Waals surface area contributed by atoms with Gasteiger partial charge in [0.1, 0.15) is 11.9 Å². The van der Waals surface area contributed by atoms with Gasteiger partial charge in [0.25, 0.3) is 0 Å². The molecule has 6 nitrogen and oxygen atoms in total. The highest BCUT2D eigenvalue weighted by molar-refractivity contribution is 5.73. The maximum Gasteiger partial charge on any atom is 0.310 e. The van der Waals surface area contributed by atoms with E-state index in [-0.39, 0.29) is 18.1 Å². The summed E-state index contributed by atoms with van der Waals surface area (Å²) in [6.45, 7) is 5.43. The van der Waals surface area contributed by atoms with Crippen LogP contribution in [0.15, 0.2) is 18.6 Å². The summed E-state index contributed by atoms with van der Waals surface area (Å²) in [6, 6.07) is 1.49. The average molecular weight is 249 g/mol. The lowest BCUT2D eigenvalue weighted by Crippen LogP contribution is -2.25. The third-order valence-electron chi connectivity index (χ3n) is 2.18. The molecular formula is C12H15N3O3. The molecule has 0 amide bonds. The molecule has 0 spiro atoms. The van der Waals surface area contributed by atoms with Crippen LogP contribution in [-0.4, -0.2) is 31.3 Å². The van der Waals surface area contributed by atoms with Crippen molar-refractivity contribution in [2.75, 3.05) is 0 Å². The molecule has 0 aromatic carbocycles. The zero-order valence-corrected chi connectivity index (χ0v) is 10.5. The van der Waals surface area contributed by atoms with Crippen molar-refractivity contribution in [3.05, 3.63) is 24.2 Å². The van der Waals surface area contributed by atoms with Crippen molar-refractivity contribution in [3.63, 3.8) is 0 Å². The smallest absolute Gasteiger partial charge is 0.310 e. The Morgan fingerprint density at radius 3 is 2.89 bits per heavy atom. The monoisotopic (exact) mass is 249 g/mol. The topological polar surface area (TPSA) is 76.7 Å². The van der Waals surface area contributed by atoms with Crippen LogP contribution in [0.1, 0.15) is 26.3 Å². The van der Waals surface area contributed by atoms with Crippen LogP contribution in [0.5, 0.6) is 5.75 Å². The maximum atomic E-state index is 11.7. The van der Waals surface area contributed by atoms with Gasteiger partial charge in [0.15, 0.2) is 11.4 Å². The van der Waals surface area contributed by atoms with Crippen LogP contribution in [0.4, 0.5) is 0 Å². The standard InChI is InChI=1S/C12H15N3O3/c1-12(2,3)18-10(17)5-8-4-9(16)11-13-7-14-15(11)6-8/h4,6-7,16H,5H2,1-3H3. The van der Waals surface area contributed by atoms with Crippen LogP contribution in [0, 0.1) is 0 Å². The largest absolute Gasteiger partial charge is 0.504 e. The summed E-state index contributed by atoms with van der Waals surface area (Å²) >= 11 is 0. The van der Waals surface area contributed by atoms with E-state index >= 15 is 0 Å². The van der Waals surface area contributed by atoms with Gasteiger partial charge in [-0.1, -0.05) is 0 Å². The molecule has 6 heteroatoms. The summed E-state index contributed by atoms with van der Waals surface area (Å²) in [5, 5.41) is 13.6. The SMILES string of the molecule is CC(C)(C)OC(=O)Cc1cc(O)c2ncnn2c1. The molecule has 18 heavy (non-hydrogen) atoms. The molecule has 2 rings (SSSR count). The quantitative estimate of drug-likeness (QED) is 0.812. The lowest BCUT2D eigenvalue weighted by atomic mass is 10.1. The number of carbonyl (C=O) groups excluding carboxylic acids is 1. The Labute approximate surface area is 104 Å². The average Bonchev–Trinajstić information content (AvgIpc) is 2.62. The number of fused-ring (bicyclic) bond motifs is 1. The van der Waals surface area contributed by atoms with Gasteiger partial charge in [-0.3, -0.25) is 4.79 Å². The van der Waals surface area contributed by atoms with E-state index in [4.69, 9.17) is 4.74 Å². The first-order chi connectivity index (χ1) is 8.35. The molecule has 2 heterocycles. The van der Waals surface area contributed by atoms with Crippen LogP contribution >= 0.6 is 0 Å². The molecule has 0 aliphatic heterocycles. The molecule has 96 valence electrons. The van der Waals surface area contributed by atoms with Gasteiger partial charge in [-0.05, 0) is 32.4 Å². The minimum atomic E-state index is -0.517. The summed E-state index contributed by atoms with van der Waals surface area (Å²) < 4.78 is 6.63. The van der Waals surface area contributed by atoms with Gasteiger partial charge in [0.2, 0.25) is 0 Å². The van der Waals surface area contributed by atoms with Crippen molar-refractivity contribution in [2.45, 2.75) is 32.8 Å². The van der Waals surface area contributed by atoms with Gasteiger partial charge < -0.3 is 9.84 Å². The third kappa shape index (κ3) is 2.77. The van der Waals surface area contributed by atoms with Crippen molar-refractivity contribution < 1.29 is 14.6 Å². The minimum absolute atomic E-state index is 0.00596. The van der Waals surface area contributed by atoms with Gasteiger partial charge >= 0.3 is 5.97 Å². The van der Waals surface area contributed by atoms with Crippen LogP contribution in [0.25, 0.3) is 5.65 Å². The molecule has 0 saturated carbocycles. The number of carbonyl (C=O) groups is 1. The molecule has 2 aromatic heterocycles. The molecule has 0 saturated heterocycles. The molecular weight excluding hydrogens is 234 g/mol. The zero-order chi connectivity index (χ0) is 13.3. The Morgan fingerprint density at radius 2 is 2.22 bits per heavy atom. The number of aromatic nitrogens is 3. The molecule has 0 bridgehead atoms. The fourth-order valence-corrected chi connectivity index (χ4v) is 1.60. The number of hydrogen-bond donors (Lipinski definition) is 1. The van der Waals surface area contributed by atoms with E-state index in [0.717, 1.165) is 0 Å². The Morgan fingerprint density at radius 1 is 1.50 bits per heavy atom. The predicted molar refractivity (Wildman–Crippen MR) is 64.2 cm³/mol. The van der Waals surface area contributed by atoms with E-state index in [1.54, 1.807) is 6.20 Å². The van der Waals surface area contributed by atoms with Crippen LogP contribution in [0.2, 0.25) is 0 Å². The van der Waals surface area contributed by atoms with Crippen LogP contribution in [-0.2, 0) is 16.0 Å². The van der Waals surface area contributed by atoms with Gasteiger partial charge in [0, 0.05) is 6.20 Å². The number of aromatic hydroxyl groups is 1. The number of rotatable bonds is 2. The Balaban J connectivity index is 2.19. The van der Waals surface area contributed by atoms with E-state index in [2.05, 4.69) is 10.1 Å². The van der Waals surface area contributed by atoms with E-state index in [0.29, 0.717) is 11.2 Å². The summed E-state index contributed by atoms with van der Waals surface area (Å²) in [4.78, 5) is 15.5. The summed E-state index contributed by atoms with van der Waals surface area (Å²) in [5.41, 5.74) is 0.471. The zero-order valence-electron chi connectivity index (χ0n) is 10.5. The molecule has 0 aliphatic rings. The Kier molecular flexibility index (Phi) is 2.94. The van der Waals surface area contributed by atoms with E-state index in [9.17, 15) is 9.90 Å². The van der Waals surface area contributed by atoms with Crippen LogP contribution in [0.3, 0.4) is 0 Å². The molecule has 2 aromatic rings. The predicted octanol–water partition coefficient (Wildman–Crippen LogP) is 1.32. The first kappa shape index (κ1) is 12.3. The molecule has 0 unspecified atom stereocenters. The number of pyridine rings is 1. The second kappa shape index (κ2) is 4.29. The number of ether oxygens (including phenoxy) is 1. The first-order valence-corrected chi connectivity index (χ1v) is 5.58. The Bertz CT molecular complexity index is 584.